The van der Waals surface area contributed by atoms with Crippen LogP contribution in [-0.2, 0) is 19.3 Å². The Labute approximate surface area is 90.2 Å². The topological polar surface area (TPSA) is 30.2 Å². The molecule has 0 radical (unpaired) electrons. The molecule has 0 aliphatic carbocycles. The van der Waals surface area contributed by atoms with Gasteiger partial charge in [0.1, 0.15) is 5.82 Å². The average molecular weight is 203 g/mol. The molecule has 0 saturated heterocycles. The molecule has 0 unspecified atom stereocenters. The number of aryl methyl sites for hydroxylation is 3. The Morgan fingerprint density at radius 3 is 2.40 bits per heavy atom. The molecule has 0 spiro atoms. The highest BCUT2D eigenvalue weighted by atomic mass is 15.0. The lowest BCUT2D eigenvalue weighted by atomic mass is 10.2. The number of rotatable bonds is 3. The second-order valence-corrected chi connectivity index (χ2v) is 3.63. The first-order valence-corrected chi connectivity index (χ1v) is 5.65. The summed E-state index contributed by atoms with van der Waals surface area (Å²) in [7, 11) is 0. The standard InChI is InChI=1S/C12H17N3/c1-4-9-12-10(5-2)14-11(6-3)15(12)8-7-13-9/h7-8H,4-6H2,1-3H3. The maximum absolute atomic E-state index is 4.66. The van der Waals surface area contributed by atoms with Crippen LogP contribution in [0.15, 0.2) is 12.4 Å². The molecule has 0 N–H and O–H groups in total. The Kier molecular flexibility index (Phi) is 2.71. The highest BCUT2D eigenvalue weighted by Gasteiger charge is 2.11. The number of hydrogen-bond donors (Lipinski definition) is 0. The summed E-state index contributed by atoms with van der Waals surface area (Å²) in [6.07, 6.45) is 6.79. The van der Waals surface area contributed by atoms with Gasteiger partial charge >= 0.3 is 0 Å². The van der Waals surface area contributed by atoms with Crippen molar-refractivity contribution >= 4 is 5.52 Å². The van der Waals surface area contributed by atoms with Gasteiger partial charge in [0.25, 0.3) is 0 Å². The van der Waals surface area contributed by atoms with E-state index in [9.17, 15) is 0 Å². The fraction of sp³-hybridized carbons (Fsp3) is 0.500. The van der Waals surface area contributed by atoms with Crippen molar-refractivity contribution in [3.63, 3.8) is 0 Å². The highest BCUT2D eigenvalue weighted by Crippen LogP contribution is 2.17. The zero-order valence-electron chi connectivity index (χ0n) is 9.62. The summed E-state index contributed by atoms with van der Waals surface area (Å²) in [5.41, 5.74) is 3.55. The van der Waals surface area contributed by atoms with E-state index >= 15 is 0 Å². The molecule has 0 bridgehead atoms. The zero-order valence-corrected chi connectivity index (χ0v) is 9.62. The number of fused-ring (bicyclic) bond motifs is 1. The van der Waals surface area contributed by atoms with Gasteiger partial charge in [-0.3, -0.25) is 4.98 Å². The lowest BCUT2D eigenvalue weighted by Gasteiger charge is -2.02. The molecule has 2 rings (SSSR count). The van der Waals surface area contributed by atoms with Crippen molar-refractivity contribution in [1.29, 1.82) is 0 Å². The van der Waals surface area contributed by atoms with E-state index in [-0.39, 0.29) is 0 Å². The van der Waals surface area contributed by atoms with Crippen LogP contribution in [0, 0.1) is 0 Å². The van der Waals surface area contributed by atoms with E-state index in [0.29, 0.717) is 0 Å². The molecule has 15 heavy (non-hydrogen) atoms. The smallest absolute Gasteiger partial charge is 0.113 e. The number of imidazole rings is 1. The van der Waals surface area contributed by atoms with Crippen molar-refractivity contribution in [2.75, 3.05) is 0 Å². The molecule has 2 aromatic heterocycles. The van der Waals surface area contributed by atoms with Crippen LogP contribution in [0.25, 0.3) is 5.52 Å². The van der Waals surface area contributed by atoms with E-state index in [4.69, 9.17) is 0 Å². The summed E-state index contributed by atoms with van der Waals surface area (Å²) in [5, 5.41) is 0. The minimum absolute atomic E-state index is 0.964. The molecule has 0 aliphatic rings. The van der Waals surface area contributed by atoms with Crippen molar-refractivity contribution in [3.05, 3.63) is 29.6 Å². The lowest BCUT2D eigenvalue weighted by molar-refractivity contribution is 0.907. The van der Waals surface area contributed by atoms with Gasteiger partial charge in [0.2, 0.25) is 0 Å². The largest absolute Gasteiger partial charge is 0.300 e. The molecular weight excluding hydrogens is 186 g/mol. The van der Waals surface area contributed by atoms with Crippen molar-refractivity contribution in [2.24, 2.45) is 0 Å². The highest BCUT2D eigenvalue weighted by molar-refractivity contribution is 5.57. The first-order valence-electron chi connectivity index (χ1n) is 5.65. The molecule has 80 valence electrons. The van der Waals surface area contributed by atoms with Gasteiger partial charge in [0.15, 0.2) is 0 Å². The van der Waals surface area contributed by atoms with Crippen LogP contribution >= 0.6 is 0 Å². The Morgan fingerprint density at radius 2 is 1.80 bits per heavy atom. The van der Waals surface area contributed by atoms with Gasteiger partial charge in [0, 0.05) is 18.8 Å². The quantitative estimate of drug-likeness (QED) is 0.767. The van der Waals surface area contributed by atoms with Crippen LogP contribution < -0.4 is 0 Å². The number of hydrogen-bond acceptors (Lipinski definition) is 2. The Bertz CT molecular complexity index is 471. The Balaban J connectivity index is 2.78. The van der Waals surface area contributed by atoms with Crippen molar-refractivity contribution < 1.29 is 0 Å². The maximum atomic E-state index is 4.66. The maximum Gasteiger partial charge on any atom is 0.113 e. The first kappa shape index (κ1) is 10.1. The van der Waals surface area contributed by atoms with Gasteiger partial charge in [-0.15, -0.1) is 0 Å². The van der Waals surface area contributed by atoms with Crippen LogP contribution in [0.5, 0.6) is 0 Å². The Morgan fingerprint density at radius 1 is 1.07 bits per heavy atom. The molecule has 0 amide bonds. The monoisotopic (exact) mass is 203 g/mol. The van der Waals surface area contributed by atoms with E-state index in [2.05, 4.69) is 35.1 Å². The van der Waals surface area contributed by atoms with Gasteiger partial charge < -0.3 is 4.40 Å². The summed E-state index contributed by atoms with van der Waals surface area (Å²) < 4.78 is 2.19. The van der Waals surface area contributed by atoms with Gasteiger partial charge in [-0.2, -0.15) is 0 Å². The fourth-order valence-electron chi connectivity index (χ4n) is 2.00. The van der Waals surface area contributed by atoms with E-state index < -0.39 is 0 Å². The predicted molar refractivity (Wildman–Crippen MR) is 61.1 cm³/mol. The SMILES string of the molecule is CCc1nccn2c(CC)nc(CC)c12. The minimum Gasteiger partial charge on any atom is -0.300 e. The predicted octanol–water partition coefficient (Wildman–Crippen LogP) is 2.42. The second kappa shape index (κ2) is 4.01. The molecule has 3 nitrogen and oxygen atoms in total. The van der Waals surface area contributed by atoms with Gasteiger partial charge in [-0.05, 0) is 12.8 Å². The van der Waals surface area contributed by atoms with Crippen LogP contribution in [0.3, 0.4) is 0 Å². The number of aromatic nitrogens is 3. The third kappa shape index (κ3) is 1.52. The summed E-state index contributed by atoms with van der Waals surface area (Å²) in [5.74, 6) is 1.14. The third-order valence-electron chi connectivity index (χ3n) is 2.76. The molecule has 2 heterocycles. The van der Waals surface area contributed by atoms with Crippen LogP contribution in [0.2, 0.25) is 0 Å². The van der Waals surface area contributed by atoms with E-state index in [0.717, 1.165) is 30.8 Å². The summed E-state index contributed by atoms with van der Waals surface area (Å²) in [6, 6.07) is 0. The van der Waals surface area contributed by atoms with Crippen molar-refractivity contribution in [3.8, 4) is 0 Å². The molecular formula is C12H17N3. The molecule has 0 aliphatic heterocycles. The Hall–Kier alpha value is -1.38. The third-order valence-corrected chi connectivity index (χ3v) is 2.76. The summed E-state index contributed by atoms with van der Waals surface area (Å²) >= 11 is 0. The molecule has 0 aromatic carbocycles. The molecule has 2 aromatic rings. The molecule has 0 fully saturated rings. The van der Waals surface area contributed by atoms with E-state index in [1.54, 1.807) is 0 Å². The van der Waals surface area contributed by atoms with Gasteiger partial charge in [-0.25, -0.2) is 4.98 Å². The summed E-state index contributed by atoms with van der Waals surface area (Å²) in [4.78, 5) is 9.08. The van der Waals surface area contributed by atoms with Crippen molar-refractivity contribution in [1.82, 2.24) is 14.4 Å². The van der Waals surface area contributed by atoms with Gasteiger partial charge in [0.05, 0.1) is 16.9 Å². The van der Waals surface area contributed by atoms with Gasteiger partial charge in [-0.1, -0.05) is 20.8 Å². The van der Waals surface area contributed by atoms with Crippen LogP contribution in [-0.4, -0.2) is 14.4 Å². The number of nitrogens with zero attached hydrogens (tertiary/aromatic N) is 3. The normalized spacial score (nSPS) is 11.1. The lowest BCUT2D eigenvalue weighted by Crippen LogP contribution is -1.97. The minimum atomic E-state index is 0.964. The summed E-state index contributed by atoms with van der Waals surface area (Å²) in [6.45, 7) is 6.43. The van der Waals surface area contributed by atoms with Crippen molar-refractivity contribution in [2.45, 2.75) is 40.0 Å². The zero-order chi connectivity index (χ0) is 10.8. The molecule has 0 saturated carbocycles. The van der Waals surface area contributed by atoms with Crippen LogP contribution in [0.1, 0.15) is 38.0 Å². The van der Waals surface area contributed by atoms with Crippen LogP contribution in [0.4, 0.5) is 0 Å². The fourth-order valence-corrected chi connectivity index (χ4v) is 2.00. The molecule has 3 heteroatoms. The first-order chi connectivity index (χ1) is 7.31. The van der Waals surface area contributed by atoms with E-state index in [1.165, 1.54) is 11.2 Å². The second-order valence-electron chi connectivity index (χ2n) is 3.63. The molecule has 0 atom stereocenters. The van der Waals surface area contributed by atoms with E-state index in [1.807, 2.05) is 12.4 Å². The average Bonchev–Trinajstić information content (AvgIpc) is 2.66.